The van der Waals surface area contributed by atoms with E-state index in [2.05, 4.69) is 0 Å². The second-order valence-electron chi connectivity index (χ2n) is 3.53. The third kappa shape index (κ3) is 2.99. The molecule has 0 aliphatic heterocycles. The molecule has 0 saturated heterocycles. The summed E-state index contributed by atoms with van der Waals surface area (Å²) in [5.41, 5.74) is 0. The Kier molecular flexibility index (Phi) is 3.46. The van der Waals surface area contributed by atoms with Crippen LogP contribution in [0.1, 0.15) is 19.8 Å². The number of carbonyl (C=O) groups excluding carboxylic acids is 1. The van der Waals surface area contributed by atoms with Crippen molar-refractivity contribution in [3.8, 4) is 0 Å². The van der Waals surface area contributed by atoms with Crippen LogP contribution in [-0.4, -0.2) is 47.7 Å². The maximum absolute atomic E-state index is 11.4. The monoisotopic (exact) mass is 201 g/mol. The Hall–Kier alpha value is -1.10. The number of hydrogen-bond acceptors (Lipinski definition) is 3. The number of carboxylic acid groups (broad SMARTS) is 1. The van der Waals surface area contributed by atoms with Gasteiger partial charge in [0.15, 0.2) is 6.10 Å². The molecule has 1 rings (SSSR count). The molecule has 1 amide bonds. The summed E-state index contributed by atoms with van der Waals surface area (Å²) in [6.45, 7) is 1.26. The highest BCUT2D eigenvalue weighted by Gasteiger charge is 2.29. The van der Waals surface area contributed by atoms with Gasteiger partial charge in [0.25, 0.3) is 0 Å². The number of carboxylic acids is 1. The van der Waals surface area contributed by atoms with Crippen LogP contribution in [0.25, 0.3) is 0 Å². The van der Waals surface area contributed by atoms with Crippen LogP contribution in [-0.2, 0) is 14.3 Å². The van der Waals surface area contributed by atoms with Gasteiger partial charge in [0, 0.05) is 13.1 Å². The van der Waals surface area contributed by atoms with Gasteiger partial charge >= 0.3 is 5.97 Å². The number of amides is 1. The van der Waals surface area contributed by atoms with Crippen LogP contribution in [0, 0.1) is 0 Å². The lowest BCUT2D eigenvalue weighted by molar-refractivity contribution is -0.152. The summed E-state index contributed by atoms with van der Waals surface area (Å²) in [5, 5.41) is 8.51. The van der Waals surface area contributed by atoms with E-state index in [9.17, 15) is 9.59 Å². The molecule has 1 aliphatic rings. The Bertz CT molecular complexity index is 237. The van der Waals surface area contributed by atoms with Crippen molar-refractivity contribution in [3.05, 3.63) is 0 Å². The van der Waals surface area contributed by atoms with Gasteiger partial charge in [0.05, 0.1) is 0 Å². The summed E-state index contributed by atoms with van der Waals surface area (Å²) >= 11 is 0. The van der Waals surface area contributed by atoms with Gasteiger partial charge < -0.3 is 14.7 Å². The van der Waals surface area contributed by atoms with E-state index in [1.54, 1.807) is 11.9 Å². The van der Waals surface area contributed by atoms with Gasteiger partial charge in [0.1, 0.15) is 6.61 Å². The molecule has 5 nitrogen and oxygen atoms in total. The van der Waals surface area contributed by atoms with Crippen molar-refractivity contribution >= 4 is 11.9 Å². The topological polar surface area (TPSA) is 66.8 Å². The number of hydrogen-bond donors (Lipinski definition) is 1. The maximum Gasteiger partial charge on any atom is 0.332 e. The standard InChI is InChI=1S/C9H15NO4/c1-6(9(12)13)14-5-8(11)10(2)7-3-4-7/h6-7H,3-5H2,1-2H3,(H,12,13)/t6-/m0/s1. The van der Waals surface area contributed by atoms with Gasteiger partial charge in [-0.3, -0.25) is 4.79 Å². The number of nitrogens with zero attached hydrogens (tertiary/aromatic N) is 1. The van der Waals surface area contributed by atoms with E-state index in [0.717, 1.165) is 12.8 Å². The summed E-state index contributed by atoms with van der Waals surface area (Å²) in [6, 6.07) is 0.339. The highest BCUT2D eigenvalue weighted by molar-refractivity contribution is 5.78. The predicted molar refractivity (Wildman–Crippen MR) is 48.8 cm³/mol. The lowest BCUT2D eigenvalue weighted by atomic mass is 10.4. The molecule has 14 heavy (non-hydrogen) atoms. The predicted octanol–water partition coefficient (Wildman–Crippen LogP) is 0.0969. The molecule has 0 unspecified atom stereocenters. The molecule has 1 fully saturated rings. The number of carbonyl (C=O) groups is 2. The van der Waals surface area contributed by atoms with Gasteiger partial charge in [-0.1, -0.05) is 0 Å². The van der Waals surface area contributed by atoms with Crippen LogP contribution >= 0.6 is 0 Å². The highest BCUT2D eigenvalue weighted by atomic mass is 16.5. The summed E-state index contributed by atoms with van der Waals surface area (Å²) in [4.78, 5) is 23.4. The maximum atomic E-state index is 11.4. The minimum Gasteiger partial charge on any atom is -0.479 e. The van der Waals surface area contributed by atoms with Gasteiger partial charge in [-0.15, -0.1) is 0 Å². The molecule has 1 N–H and O–H groups in total. The minimum atomic E-state index is -1.05. The van der Waals surface area contributed by atoms with E-state index in [1.807, 2.05) is 0 Å². The largest absolute Gasteiger partial charge is 0.479 e. The van der Waals surface area contributed by atoms with Crippen molar-refractivity contribution in [2.75, 3.05) is 13.7 Å². The number of likely N-dealkylation sites (N-methyl/N-ethyl adjacent to an activating group) is 1. The van der Waals surface area contributed by atoms with Crippen molar-refractivity contribution in [2.45, 2.75) is 31.9 Å². The second kappa shape index (κ2) is 4.41. The SMILES string of the molecule is C[C@H](OCC(=O)N(C)C1CC1)C(=O)O. The van der Waals surface area contributed by atoms with Crippen LogP contribution in [0.5, 0.6) is 0 Å². The molecule has 1 aliphatic carbocycles. The van der Waals surface area contributed by atoms with Crippen LogP contribution in [0.4, 0.5) is 0 Å². The van der Waals surface area contributed by atoms with E-state index >= 15 is 0 Å². The van der Waals surface area contributed by atoms with Gasteiger partial charge in [-0.2, -0.15) is 0 Å². The Morgan fingerprint density at radius 3 is 2.57 bits per heavy atom. The van der Waals surface area contributed by atoms with Crippen LogP contribution in [0.3, 0.4) is 0 Å². The zero-order valence-corrected chi connectivity index (χ0v) is 8.40. The molecule has 1 saturated carbocycles. The minimum absolute atomic E-state index is 0.152. The average molecular weight is 201 g/mol. The molecule has 0 heterocycles. The molecular weight excluding hydrogens is 186 g/mol. The van der Waals surface area contributed by atoms with Crippen molar-refractivity contribution < 1.29 is 19.4 Å². The molecule has 1 atom stereocenters. The molecule has 5 heteroatoms. The fraction of sp³-hybridized carbons (Fsp3) is 0.778. The first-order valence-electron chi connectivity index (χ1n) is 4.62. The first-order valence-corrected chi connectivity index (χ1v) is 4.62. The van der Waals surface area contributed by atoms with Crippen molar-refractivity contribution in [1.29, 1.82) is 0 Å². The Morgan fingerprint density at radius 1 is 1.57 bits per heavy atom. The average Bonchev–Trinajstić information content (AvgIpc) is 2.95. The van der Waals surface area contributed by atoms with Gasteiger partial charge in [0.2, 0.25) is 5.91 Å². The summed E-state index contributed by atoms with van der Waals surface area (Å²) in [6.07, 6.45) is 1.15. The van der Waals surface area contributed by atoms with Crippen molar-refractivity contribution in [2.24, 2.45) is 0 Å². The number of ether oxygens (including phenoxy) is 1. The number of aliphatic carboxylic acids is 1. The van der Waals surface area contributed by atoms with Crippen molar-refractivity contribution in [1.82, 2.24) is 4.90 Å². The highest BCUT2D eigenvalue weighted by Crippen LogP contribution is 2.25. The normalized spacial score (nSPS) is 17.6. The first kappa shape index (κ1) is 11.0. The molecule has 80 valence electrons. The van der Waals surface area contributed by atoms with E-state index in [4.69, 9.17) is 9.84 Å². The molecule has 0 aromatic rings. The fourth-order valence-electron chi connectivity index (χ4n) is 1.03. The molecule has 0 bridgehead atoms. The van der Waals surface area contributed by atoms with Crippen LogP contribution in [0.2, 0.25) is 0 Å². The Balaban J connectivity index is 2.23. The van der Waals surface area contributed by atoms with Gasteiger partial charge in [-0.05, 0) is 19.8 Å². The summed E-state index contributed by atoms with van der Waals surface area (Å²) in [5.74, 6) is -1.20. The van der Waals surface area contributed by atoms with Gasteiger partial charge in [-0.25, -0.2) is 4.79 Å². The zero-order valence-electron chi connectivity index (χ0n) is 8.40. The lowest BCUT2D eigenvalue weighted by Gasteiger charge is -2.17. The Labute approximate surface area is 82.6 Å². The van der Waals surface area contributed by atoms with Crippen LogP contribution < -0.4 is 0 Å². The Morgan fingerprint density at radius 2 is 2.14 bits per heavy atom. The molecule has 0 radical (unpaired) electrons. The zero-order chi connectivity index (χ0) is 10.7. The first-order chi connectivity index (χ1) is 6.52. The van der Waals surface area contributed by atoms with Crippen LogP contribution in [0.15, 0.2) is 0 Å². The molecular formula is C9H15NO4. The lowest BCUT2D eigenvalue weighted by Crippen LogP contribution is -2.34. The molecule has 0 aromatic heterocycles. The van der Waals surface area contributed by atoms with E-state index < -0.39 is 12.1 Å². The molecule has 0 spiro atoms. The fourth-order valence-corrected chi connectivity index (χ4v) is 1.03. The van der Waals surface area contributed by atoms with E-state index in [1.165, 1.54) is 6.92 Å². The second-order valence-corrected chi connectivity index (χ2v) is 3.53. The summed E-state index contributed by atoms with van der Waals surface area (Å²) in [7, 11) is 1.72. The number of rotatable bonds is 5. The van der Waals surface area contributed by atoms with E-state index in [0.29, 0.717) is 6.04 Å². The quantitative estimate of drug-likeness (QED) is 0.685. The summed E-state index contributed by atoms with van der Waals surface area (Å²) < 4.78 is 4.87. The third-order valence-corrected chi connectivity index (χ3v) is 2.29. The smallest absolute Gasteiger partial charge is 0.332 e. The van der Waals surface area contributed by atoms with E-state index in [-0.39, 0.29) is 12.5 Å². The third-order valence-electron chi connectivity index (χ3n) is 2.29. The molecule has 0 aromatic carbocycles. The van der Waals surface area contributed by atoms with Crippen molar-refractivity contribution in [3.63, 3.8) is 0 Å².